The SMILES string of the molecule is CCCC(O)(CN)Cc1ccccc1. The Morgan fingerprint density at radius 3 is 2.43 bits per heavy atom. The number of hydrogen-bond acceptors (Lipinski definition) is 2. The maximum Gasteiger partial charge on any atom is 0.0809 e. The summed E-state index contributed by atoms with van der Waals surface area (Å²) in [7, 11) is 0. The highest BCUT2D eigenvalue weighted by Gasteiger charge is 2.23. The molecule has 3 N–H and O–H groups in total. The topological polar surface area (TPSA) is 46.2 Å². The van der Waals surface area contributed by atoms with Crippen molar-refractivity contribution in [3.8, 4) is 0 Å². The van der Waals surface area contributed by atoms with Gasteiger partial charge in [0, 0.05) is 13.0 Å². The maximum atomic E-state index is 10.1. The van der Waals surface area contributed by atoms with Crippen molar-refractivity contribution < 1.29 is 5.11 Å². The molecule has 0 bridgehead atoms. The zero-order chi connectivity index (χ0) is 10.4. The number of rotatable bonds is 5. The molecule has 0 aliphatic heterocycles. The van der Waals surface area contributed by atoms with Gasteiger partial charge in [0.25, 0.3) is 0 Å². The van der Waals surface area contributed by atoms with Crippen molar-refractivity contribution in [2.24, 2.45) is 5.73 Å². The van der Waals surface area contributed by atoms with E-state index in [0.29, 0.717) is 13.0 Å². The molecular weight excluding hydrogens is 174 g/mol. The van der Waals surface area contributed by atoms with E-state index in [4.69, 9.17) is 5.73 Å². The average Bonchev–Trinajstić information content (AvgIpc) is 2.20. The Hall–Kier alpha value is -0.860. The Labute approximate surface area is 85.8 Å². The van der Waals surface area contributed by atoms with Crippen molar-refractivity contribution in [2.45, 2.75) is 31.8 Å². The minimum atomic E-state index is -0.726. The Bertz CT molecular complexity index is 260. The predicted molar refractivity (Wildman–Crippen MR) is 59.1 cm³/mol. The fourth-order valence-corrected chi connectivity index (χ4v) is 1.70. The van der Waals surface area contributed by atoms with Crippen molar-refractivity contribution in [3.05, 3.63) is 35.9 Å². The largest absolute Gasteiger partial charge is 0.388 e. The van der Waals surface area contributed by atoms with Crippen LogP contribution in [0.4, 0.5) is 0 Å². The number of benzene rings is 1. The van der Waals surface area contributed by atoms with E-state index in [2.05, 4.69) is 6.92 Å². The van der Waals surface area contributed by atoms with Crippen LogP contribution in [-0.4, -0.2) is 17.3 Å². The number of hydrogen-bond donors (Lipinski definition) is 2. The highest BCUT2D eigenvalue weighted by atomic mass is 16.3. The summed E-state index contributed by atoms with van der Waals surface area (Å²) in [6.07, 6.45) is 2.37. The van der Waals surface area contributed by atoms with Crippen LogP contribution in [-0.2, 0) is 6.42 Å². The first-order chi connectivity index (χ1) is 6.70. The third-order valence-electron chi connectivity index (χ3n) is 2.47. The van der Waals surface area contributed by atoms with E-state index in [1.807, 2.05) is 30.3 Å². The van der Waals surface area contributed by atoms with Crippen LogP contribution in [0.1, 0.15) is 25.3 Å². The molecule has 1 unspecified atom stereocenters. The van der Waals surface area contributed by atoms with Crippen LogP contribution in [0.25, 0.3) is 0 Å². The van der Waals surface area contributed by atoms with E-state index >= 15 is 0 Å². The van der Waals surface area contributed by atoms with E-state index < -0.39 is 5.60 Å². The van der Waals surface area contributed by atoms with Crippen LogP contribution in [0.2, 0.25) is 0 Å². The van der Waals surface area contributed by atoms with Gasteiger partial charge < -0.3 is 10.8 Å². The molecule has 1 atom stereocenters. The summed E-state index contributed by atoms with van der Waals surface area (Å²) >= 11 is 0. The van der Waals surface area contributed by atoms with Crippen molar-refractivity contribution >= 4 is 0 Å². The first-order valence-electron chi connectivity index (χ1n) is 5.16. The highest BCUT2D eigenvalue weighted by Crippen LogP contribution is 2.17. The van der Waals surface area contributed by atoms with Crippen LogP contribution in [0.3, 0.4) is 0 Å². The molecule has 0 aliphatic carbocycles. The molecule has 0 aliphatic rings. The minimum Gasteiger partial charge on any atom is -0.388 e. The quantitative estimate of drug-likeness (QED) is 0.748. The van der Waals surface area contributed by atoms with Gasteiger partial charge in [-0.15, -0.1) is 0 Å². The Morgan fingerprint density at radius 1 is 1.29 bits per heavy atom. The lowest BCUT2D eigenvalue weighted by Crippen LogP contribution is -2.39. The van der Waals surface area contributed by atoms with Gasteiger partial charge in [-0.05, 0) is 12.0 Å². The molecule has 1 aromatic carbocycles. The molecule has 2 nitrogen and oxygen atoms in total. The van der Waals surface area contributed by atoms with E-state index in [9.17, 15) is 5.11 Å². The van der Waals surface area contributed by atoms with Crippen LogP contribution in [0, 0.1) is 0 Å². The molecule has 14 heavy (non-hydrogen) atoms. The highest BCUT2D eigenvalue weighted by molar-refractivity contribution is 5.17. The van der Waals surface area contributed by atoms with Crippen LogP contribution in [0.15, 0.2) is 30.3 Å². The summed E-state index contributed by atoms with van der Waals surface area (Å²) in [5, 5.41) is 10.1. The second-order valence-electron chi connectivity index (χ2n) is 3.84. The monoisotopic (exact) mass is 193 g/mol. The van der Waals surface area contributed by atoms with Gasteiger partial charge in [0.05, 0.1) is 5.60 Å². The normalized spacial score (nSPS) is 15.1. The van der Waals surface area contributed by atoms with Gasteiger partial charge in [-0.25, -0.2) is 0 Å². The molecule has 2 heteroatoms. The summed E-state index contributed by atoms with van der Waals surface area (Å²) in [6, 6.07) is 9.99. The molecule has 78 valence electrons. The molecular formula is C12H19NO. The summed E-state index contributed by atoms with van der Waals surface area (Å²) in [4.78, 5) is 0. The first kappa shape index (κ1) is 11.2. The van der Waals surface area contributed by atoms with Gasteiger partial charge in [0.1, 0.15) is 0 Å². The Kier molecular flexibility index (Phi) is 4.11. The van der Waals surface area contributed by atoms with Gasteiger partial charge in [0.2, 0.25) is 0 Å². The van der Waals surface area contributed by atoms with Crippen LogP contribution >= 0.6 is 0 Å². The first-order valence-corrected chi connectivity index (χ1v) is 5.16. The van der Waals surface area contributed by atoms with E-state index in [-0.39, 0.29) is 0 Å². The van der Waals surface area contributed by atoms with E-state index in [1.165, 1.54) is 0 Å². The van der Waals surface area contributed by atoms with Gasteiger partial charge in [-0.3, -0.25) is 0 Å². The van der Waals surface area contributed by atoms with Gasteiger partial charge in [-0.1, -0.05) is 43.7 Å². The van der Waals surface area contributed by atoms with Crippen molar-refractivity contribution in [3.63, 3.8) is 0 Å². The van der Waals surface area contributed by atoms with Crippen LogP contribution < -0.4 is 5.73 Å². The minimum absolute atomic E-state index is 0.329. The maximum absolute atomic E-state index is 10.1. The molecule has 0 spiro atoms. The van der Waals surface area contributed by atoms with Crippen LogP contribution in [0.5, 0.6) is 0 Å². The lowest BCUT2D eigenvalue weighted by molar-refractivity contribution is 0.0399. The second kappa shape index (κ2) is 5.13. The fourth-order valence-electron chi connectivity index (χ4n) is 1.70. The van der Waals surface area contributed by atoms with Gasteiger partial charge in [-0.2, -0.15) is 0 Å². The molecule has 0 heterocycles. The summed E-state index contributed by atoms with van der Waals surface area (Å²) in [6.45, 7) is 2.39. The molecule has 0 saturated carbocycles. The Balaban J connectivity index is 2.65. The van der Waals surface area contributed by atoms with Crippen molar-refractivity contribution in [1.82, 2.24) is 0 Å². The van der Waals surface area contributed by atoms with Crippen molar-refractivity contribution in [2.75, 3.05) is 6.54 Å². The lowest BCUT2D eigenvalue weighted by atomic mass is 9.90. The predicted octanol–water partition coefficient (Wildman–Crippen LogP) is 1.72. The number of nitrogens with two attached hydrogens (primary N) is 1. The third-order valence-corrected chi connectivity index (χ3v) is 2.47. The molecule has 0 fully saturated rings. The van der Waals surface area contributed by atoms with E-state index in [0.717, 1.165) is 18.4 Å². The number of aliphatic hydroxyl groups is 1. The zero-order valence-electron chi connectivity index (χ0n) is 8.74. The van der Waals surface area contributed by atoms with Crippen molar-refractivity contribution in [1.29, 1.82) is 0 Å². The zero-order valence-corrected chi connectivity index (χ0v) is 8.74. The standard InChI is InChI=1S/C12H19NO/c1-2-8-12(14,10-13)9-11-6-4-3-5-7-11/h3-7,14H,2,8-10,13H2,1H3. The molecule has 1 aromatic rings. The summed E-state index contributed by atoms with van der Waals surface area (Å²) < 4.78 is 0. The second-order valence-corrected chi connectivity index (χ2v) is 3.84. The average molecular weight is 193 g/mol. The lowest BCUT2D eigenvalue weighted by Gasteiger charge is -2.26. The summed E-state index contributed by atoms with van der Waals surface area (Å²) in [5.41, 5.74) is 6.01. The van der Waals surface area contributed by atoms with Gasteiger partial charge in [0.15, 0.2) is 0 Å². The fraction of sp³-hybridized carbons (Fsp3) is 0.500. The Morgan fingerprint density at radius 2 is 1.93 bits per heavy atom. The molecule has 0 aromatic heterocycles. The summed E-state index contributed by atoms with van der Waals surface area (Å²) in [5.74, 6) is 0. The van der Waals surface area contributed by atoms with Gasteiger partial charge >= 0.3 is 0 Å². The smallest absolute Gasteiger partial charge is 0.0809 e. The molecule has 1 rings (SSSR count). The molecule has 0 radical (unpaired) electrons. The van der Waals surface area contributed by atoms with E-state index in [1.54, 1.807) is 0 Å². The molecule has 0 saturated heterocycles. The molecule has 0 amide bonds. The third kappa shape index (κ3) is 3.13.